The molecule has 22 heavy (non-hydrogen) atoms. The average Bonchev–Trinajstić information content (AvgIpc) is 3.04. The molecule has 1 unspecified atom stereocenters. The van der Waals surface area contributed by atoms with Gasteiger partial charge in [-0.05, 0) is 30.7 Å². The summed E-state index contributed by atoms with van der Waals surface area (Å²) in [4.78, 5) is 13.8. The quantitative estimate of drug-likeness (QED) is 0.794. The molecule has 118 valence electrons. The summed E-state index contributed by atoms with van der Waals surface area (Å²) >= 11 is 0. The minimum atomic E-state index is -0.273. The second kappa shape index (κ2) is 7.70. The van der Waals surface area contributed by atoms with Crippen LogP contribution >= 0.6 is 0 Å². The molecular weight excluding hydrogens is 283 g/mol. The molecule has 2 rings (SSSR count). The van der Waals surface area contributed by atoms with Crippen LogP contribution in [0.1, 0.15) is 18.5 Å². The van der Waals surface area contributed by atoms with Crippen molar-refractivity contribution >= 4 is 5.91 Å². The third-order valence-corrected chi connectivity index (χ3v) is 3.68. The maximum Gasteiger partial charge on any atom is 0.236 e. The van der Waals surface area contributed by atoms with Crippen molar-refractivity contribution in [3.63, 3.8) is 0 Å². The van der Waals surface area contributed by atoms with Crippen LogP contribution in [0.25, 0.3) is 0 Å². The van der Waals surface area contributed by atoms with Crippen LogP contribution in [0.5, 0.6) is 0 Å². The van der Waals surface area contributed by atoms with E-state index in [9.17, 15) is 9.18 Å². The first-order valence-corrected chi connectivity index (χ1v) is 7.27. The largest absolute Gasteiger partial charge is 0.338 e. The molecule has 1 aromatic heterocycles. The summed E-state index contributed by atoms with van der Waals surface area (Å²) in [5.41, 5.74) is 0.911. The summed E-state index contributed by atoms with van der Waals surface area (Å²) in [5.74, 6) is -0.275. The number of benzene rings is 1. The van der Waals surface area contributed by atoms with E-state index in [2.05, 4.69) is 10.4 Å². The highest BCUT2D eigenvalue weighted by Gasteiger charge is 2.16. The van der Waals surface area contributed by atoms with E-state index in [0.717, 1.165) is 12.1 Å². The van der Waals surface area contributed by atoms with Gasteiger partial charge in [0, 0.05) is 26.0 Å². The molecule has 0 fully saturated rings. The molecule has 0 radical (unpaired) electrons. The molecule has 2 aromatic rings. The smallest absolute Gasteiger partial charge is 0.236 e. The molecule has 0 saturated carbocycles. The number of halogens is 1. The molecule has 0 spiro atoms. The third kappa shape index (κ3) is 4.39. The van der Waals surface area contributed by atoms with Crippen LogP contribution in [-0.4, -0.2) is 40.7 Å². The number of nitrogens with zero attached hydrogens (tertiary/aromatic N) is 3. The van der Waals surface area contributed by atoms with Gasteiger partial charge in [0.1, 0.15) is 5.82 Å². The van der Waals surface area contributed by atoms with Gasteiger partial charge in [0.15, 0.2) is 0 Å². The topological polar surface area (TPSA) is 50.2 Å². The van der Waals surface area contributed by atoms with Crippen LogP contribution in [0.4, 0.5) is 4.39 Å². The summed E-state index contributed by atoms with van der Waals surface area (Å²) in [7, 11) is 1.76. The van der Waals surface area contributed by atoms with E-state index in [1.807, 2.05) is 23.9 Å². The van der Waals surface area contributed by atoms with Crippen LogP contribution < -0.4 is 5.32 Å². The number of carbonyl (C=O) groups is 1. The monoisotopic (exact) mass is 304 g/mol. The molecule has 1 atom stereocenters. The molecular formula is C16H21FN4O. The number of hydrogen-bond acceptors (Lipinski definition) is 3. The summed E-state index contributed by atoms with van der Waals surface area (Å²) in [6.07, 6.45) is 3.61. The number of nitrogens with one attached hydrogen (secondary N) is 1. The lowest BCUT2D eigenvalue weighted by atomic mass is 10.1. The van der Waals surface area contributed by atoms with E-state index in [1.54, 1.807) is 30.3 Å². The molecule has 0 aliphatic rings. The van der Waals surface area contributed by atoms with Gasteiger partial charge in [-0.1, -0.05) is 12.1 Å². The Morgan fingerprint density at radius 3 is 2.77 bits per heavy atom. The fourth-order valence-corrected chi connectivity index (χ4v) is 2.13. The van der Waals surface area contributed by atoms with Crippen LogP contribution in [0.2, 0.25) is 0 Å². The number of rotatable bonds is 7. The van der Waals surface area contributed by atoms with Gasteiger partial charge in [0.25, 0.3) is 0 Å². The van der Waals surface area contributed by atoms with Crippen molar-refractivity contribution in [2.24, 2.45) is 0 Å². The zero-order valence-electron chi connectivity index (χ0n) is 12.9. The summed E-state index contributed by atoms with van der Waals surface area (Å²) in [6, 6.07) is 7.99. The van der Waals surface area contributed by atoms with Crippen molar-refractivity contribution < 1.29 is 9.18 Å². The Morgan fingerprint density at radius 1 is 1.41 bits per heavy atom. The number of hydrogen-bond donors (Lipinski definition) is 1. The predicted molar refractivity (Wildman–Crippen MR) is 82.7 cm³/mol. The Labute approximate surface area is 129 Å². The number of likely N-dealkylation sites (N-methyl/N-ethyl adjacent to an activating group) is 1. The highest BCUT2D eigenvalue weighted by molar-refractivity contribution is 5.78. The van der Waals surface area contributed by atoms with Gasteiger partial charge in [-0.3, -0.25) is 9.48 Å². The third-order valence-electron chi connectivity index (χ3n) is 3.68. The van der Waals surface area contributed by atoms with E-state index in [0.29, 0.717) is 6.54 Å². The van der Waals surface area contributed by atoms with Crippen molar-refractivity contribution in [2.45, 2.75) is 19.5 Å². The van der Waals surface area contributed by atoms with Gasteiger partial charge in [0.2, 0.25) is 5.91 Å². The van der Waals surface area contributed by atoms with E-state index < -0.39 is 0 Å². The second-order valence-corrected chi connectivity index (χ2v) is 5.18. The van der Waals surface area contributed by atoms with Crippen molar-refractivity contribution in [3.05, 3.63) is 54.1 Å². The average molecular weight is 304 g/mol. The molecule has 1 amide bonds. The number of carbonyl (C=O) groups excluding carboxylic acids is 1. The maximum absolute atomic E-state index is 12.9. The first-order chi connectivity index (χ1) is 10.6. The van der Waals surface area contributed by atoms with Gasteiger partial charge in [-0.25, -0.2) is 4.39 Å². The normalized spacial score (nSPS) is 12.1. The van der Waals surface area contributed by atoms with Gasteiger partial charge in [0.05, 0.1) is 19.1 Å². The molecule has 1 heterocycles. The van der Waals surface area contributed by atoms with E-state index in [4.69, 9.17) is 0 Å². The predicted octanol–water partition coefficient (Wildman–Crippen LogP) is 1.83. The first-order valence-electron chi connectivity index (χ1n) is 7.27. The van der Waals surface area contributed by atoms with Crippen molar-refractivity contribution in [1.82, 2.24) is 20.0 Å². The van der Waals surface area contributed by atoms with E-state index in [1.165, 1.54) is 12.1 Å². The molecule has 5 nitrogen and oxygen atoms in total. The van der Waals surface area contributed by atoms with Crippen LogP contribution in [0.15, 0.2) is 42.7 Å². The lowest BCUT2D eigenvalue weighted by Crippen LogP contribution is -2.38. The lowest BCUT2D eigenvalue weighted by molar-refractivity contribution is -0.130. The van der Waals surface area contributed by atoms with E-state index >= 15 is 0 Å². The Balaban J connectivity index is 1.77. The van der Waals surface area contributed by atoms with Crippen molar-refractivity contribution in [3.8, 4) is 0 Å². The molecule has 1 aromatic carbocycles. The minimum absolute atomic E-state index is 0.00251. The zero-order valence-corrected chi connectivity index (χ0v) is 12.9. The molecule has 0 bridgehead atoms. The fraction of sp³-hybridized carbons (Fsp3) is 0.375. The van der Waals surface area contributed by atoms with Crippen molar-refractivity contribution in [2.75, 3.05) is 20.1 Å². The molecule has 0 aliphatic carbocycles. The summed E-state index contributed by atoms with van der Waals surface area (Å²) in [6.45, 7) is 3.59. The lowest BCUT2D eigenvalue weighted by Gasteiger charge is -2.25. The zero-order chi connectivity index (χ0) is 15.9. The SMILES string of the molecule is CC(c1ccc(F)cc1)N(C)C(=O)CNCCn1cccn1. The number of aromatic nitrogens is 2. The van der Waals surface area contributed by atoms with Crippen LogP contribution in [0.3, 0.4) is 0 Å². The molecule has 0 saturated heterocycles. The molecule has 1 N–H and O–H groups in total. The van der Waals surface area contributed by atoms with Gasteiger partial charge in [-0.2, -0.15) is 5.10 Å². The first kappa shape index (κ1) is 16.2. The highest BCUT2D eigenvalue weighted by atomic mass is 19.1. The highest BCUT2D eigenvalue weighted by Crippen LogP contribution is 2.18. The standard InChI is InChI=1S/C16H21FN4O/c1-13(14-4-6-15(17)7-5-14)20(2)16(22)12-18-9-11-21-10-3-8-19-21/h3-8,10,13,18H,9,11-12H2,1-2H3. The van der Waals surface area contributed by atoms with Gasteiger partial charge >= 0.3 is 0 Å². The summed E-state index contributed by atoms with van der Waals surface area (Å²) in [5, 5.41) is 7.20. The minimum Gasteiger partial charge on any atom is -0.338 e. The molecule has 6 heteroatoms. The van der Waals surface area contributed by atoms with Crippen molar-refractivity contribution in [1.29, 1.82) is 0 Å². The van der Waals surface area contributed by atoms with Crippen LogP contribution in [-0.2, 0) is 11.3 Å². The summed E-state index contributed by atoms with van der Waals surface area (Å²) < 4.78 is 14.7. The van der Waals surface area contributed by atoms with Gasteiger partial charge in [-0.15, -0.1) is 0 Å². The van der Waals surface area contributed by atoms with Crippen LogP contribution in [0, 0.1) is 5.82 Å². The fourth-order valence-electron chi connectivity index (χ4n) is 2.13. The Hall–Kier alpha value is -2.21. The van der Waals surface area contributed by atoms with E-state index in [-0.39, 0.29) is 24.3 Å². The molecule has 0 aliphatic heterocycles. The van der Waals surface area contributed by atoms with Gasteiger partial charge < -0.3 is 10.2 Å². The Morgan fingerprint density at radius 2 is 2.14 bits per heavy atom. The Bertz CT molecular complexity index is 583. The number of amides is 1. The Kier molecular flexibility index (Phi) is 5.66. The maximum atomic E-state index is 12.9. The second-order valence-electron chi connectivity index (χ2n) is 5.18.